The minimum Gasteiger partial charge on any atom is -0.361 e. The lowest BCUT2D eigenvalue weighted by atomic mass is 10.1. The van der Waals surface area contributed by atoms with E-state index in [0.717, 1.165) is 16.5 Å². The Morgan fingerprint density at radius 1 is 1.06 bits per heavy atom. The molecule has 4 aromatic rings. The molecule has 1 aromatic heterocycles. The van der Waals surface area contributed by atoms with Crippen molar-refractivity contribution in [3.05, 3.63) is 84.1 Å². The van der Waals surface area contributed by atoms with Gasteiger partial charge in [-0.3, -0.25) is 4.79 Å². The fourth-order valence-corrected chi connectivity index (χ4v) is 4.22. The lowest BCUT2D eigenvalue weighted by Crippen LogP contribution is -2.14. The maximum Gasteiger partial charge on any atom is 0.238 e. The number of benzene rings is 3. The number of nitrogens with one attached hydrogen (secondary N) is 2. The van der Waals surface area contributed by atoms with Crippen LogP contribution in [0.1, 0.15) is 11.1 Å². The summed E-state index contributed by atoms with van der Waals surface area (Å²) < 4.78 is 23.6. The van der Waals surface area contributed by atoms with Gasteiger partial charge in [-0.2, -0.15) is 5.26 Å². The normalized spacial score (nSPS) is 11.2. The first-order valence-corrected chi connectivity index (χ1v) is 10.9. The molecule has 154 valence electrons. The Balaban J connectivity index is 1.52. The molecule has 7 nitrogen and oxygen atoms in total. The molecule has 3 aromatic carbocycles. The van der Waals surface area contributed by atoms with E-state index in [1.165, 1.54) is 6.07 Å². The fraction of sp³-hybridized carbons (Fsp3) is 0.0435. The molecule has 0 radical (unpaired) electrons. The molecule has 0 aliphatic rings. The van der Waals surface area contributed by atoms with Gasteiger partial charge in [0, 0.05) is 28.4 Å². The van der Waals surface area contributed by atoms with Crippen LogP contribution in [0.2, 0.25) is 0 Å². The van der Waals surface area contributed by atoms with E-state index < -0.39 is 10.0 Å². The predicted molar refractivity (Wildman–Crippen MR) is 119 cm³/mol. The van der Waals surface area contributed by atoms with E-state index in [4.69, 9.17) is 10.4 Å². The van der Waals surface area contributed by atoms with Crippen molar-refractivity contribution in [2.45, 2.75) is 11.3 Å². The third kappa shape index (κ3) is 4.33. The lowest BCUT2D eigenvalue weighted by molar-refractivity contribution is -0.115. The molecule has 0 fully saturated rings. The summed E-state index contributed by atoms with van der Waals surface area (Å²) >= 11 is 0. The number of hydrogen-bond donors (Lipinski definition) is 3. The summed E-state index contributed by atoms with van der Waals surface area (Å²) in [6.45, 7) is 0. The molecule has 0 atom stereocenters. The monoisotopic (exact) mass is 430 g/mol. The molecule has 0 saturated heterocycles. The maximum atomic E-state index is 12.5. The van der Waals surface area contributed by atoms with Gasteiger partial charge in [-0.05, 0) is 47.5 Å². The van der Waals surface area contributed by atoms with Crippen molar-refractivity contribution in [3.8, 4) is 17.2 Å². The Hall–Kier alpha value is -3.93. The van der Waals surface area contributed by atoms with Gasteiger partial charge in [-0.1, -0.05) is 30.3 Å². The molecular weight excluding hydrogens is 412 g/mol. The highest BCUT2D eigenvalue weighted by Gasteiger charge is 2.15. The van der Waals surface area contributed by atoms with E-state index in [1.807, 2.05) is 6.07 Å². The van der Waals surface area contributed by atoms with Crippen LogP contribution in [0.15, 0.2) is 77.8 Å². The number of carbonyl (C=O) groups is 1. The number of nitrogens with two attached hydrogens (primary N) is 1. The Kier molecular flexibility index (Phi) is 5.29. The summed E-state index contributed by atoms with van der Waals surface area (Å²) in [6, 6.07) is 20.7. The molecule has 31 heavy (non-hydrogen) atoms. The number of carbonyl (C=O) groups excluding carboxylic acids is 1. The van der Waals surface area contributed by atoms with Crippen molar-refractivity contribution in [2.24, 2.45) is 5.14 Å². The van der Waals surface area contributed by atoms with E-state index in [2.05, 4.69) is 16.4 Å². The number of anilines is 1. The van der Waals surface area contributed by atoms with Gasteiger partial charge in [0.25, 0.3) is 0 Å². The Labute approximate surface area is 179 Å². The van der Waals surface area contributed by atoms with Crippen LogP contribution in [-0.2, 0) is 21.2 Å². The average molecular weight is 430 g/mol. The van der Waals surface area contributed by atoms with Crippen LogP contribution in [0.5, 0.6) is 0 Å². The van der Waals surface area contributed by atoms with Crippen molar-refractivity contribution in [3.63, 3.8) is 0 Å². The number of nitrogens with zero attached hydrogens (tertiary/aromatic N) is 1. The first-order chi connectivity index (χ1) is 14.8. The van der Waals surface area contributed by atoms with Gasteiger partial charge in [-0.25, -0.2) is 13.6 Å². The number of amides is 1. The molecule has 0 saturated carbocycles. The molecule has 4 N–H and O–H groups in total. The van der Waals surface area contributed by atoms with Crippen molar-refractivity contribution in [1.29, 1.82) is 5.26 Å². The summed E-state index contributed by atoms with van der Waals surface area (Å²) in [5.41, 5.74) is 3.93. The van der Waals surface area contributed by atoms with Crippen LogP contribution in [0.4, 0.5) is 5.69 Å². The number of primary sulfonamides is 1. The fourth-order valence-electron chi connectivity index (χ4n) is 3.46. The SMILES string of the molecule is N#Cc1ccc2[nH]cc(CC(=O)Nc3ccc(-c4ccccc4S(N)(=O)=O)cc3)c2c1. The Morgan fingerprint density at radius 2 is 1.81 bits per heavy atom. The molecule has 4 rings (SSSR count). The highest BCUT2D eigenvalue weighted by molar-refractivity contribution is 7.89. The van der Waals surface area contributed by atoms with Crippen molar-refractivity contribution < 1.29 is 13.2 Å². The average Bonchev–Trinajstić information content (AvgIpc) is 3.15. The highest BCUT2D eigenvalue weighted by atomic mass is 32.2. The number of rotatable bonds is 5. The second kappa shape index (κ2) is 8.07. The van der Waals surface area contributed by atoms with Gasteiger partial charge in [-0.15, -0.1) is 0 Å². The molecule has 1 amide bonds. The van der Waals surface area contributed by atoms with E-state index in [-0.39, 0.29) is 17.2 Å². The summed E-state index contributed by atoms with van der Waals surface area (Å²) in [6.07, 6.45) is 1.91. The van der Waals surface area contributed by atoms with Crippen molar-refractivity contribution in [2.75, 3.05) is 5.32 Å². The van der Waals surface area contributed by atoms with Crippen molar-refractivity contribution >= 4 is 32.5 Å². The molecule has 1 heterocycles. The summed E-state index contributed by atoms with van der Waals surface area (Å²) in [5.74, 6) is -0.207. The van der Waals surface area contributed by atoms with Gasteiger partial charge in [0.1, 0.15) is 0 Å². The first-order valence-electron chi connectivity index (χ1n) is 9.37. The van der Waals surface area contributed by atoms with E-state index in [9.17, 15) is 13.2 Å². The largest absolute Gasteiger partial charge is 0.361 e. The smallest absolute Gasteiger partial charge is 0.238 e. The van der Waals surface area contributed by atoms with Crippen LogP contribution in [0.25, 0.3) is 22.0 Å². The molecule has 0 bridgehead atoms. The number of fused-ring (bicyclic) bond motifs is 1. The first kappa shape index (κ1) is 20.3. The minimum atomic E-state index is -3.86. The second-order valence-corrected chi connectivity index (χ2v) is 8.56. The Morgan fingerprint density at radius 3 is 2.52 bits per heavy atom. The standard InChI is InChI=1S/C23H18N4O3S/c24-13-15-5-10-21-20(11-15)17(14-26-21)12-23(28)27-18-8-6-16(7-9-18)19-3-1-2-4-22(19)31(25,29)30/h1-11,14,26H,12H2,(H,27,28)(H2,25,29,30). The van der Waals surface area contributed by atoms with Gasteiger partial charge < -0.3 is 10.3 Å². The zero-order chi connectivity index (χ0) is 22.0. The number of aromatic nitrogens is 1. The van der Waals surface area contributed by atoms with Gasteiger partial charge in [0.05, 0.1) is 22.9 Å². The molecule has 0 unspecified atom stereocenters. The lowest BCUT2D eigenvalue weighted by Gasteiger charge is -2.09. The number of aromatic amines is 1. The van der Waals surface area contributed by atoms with E-state index >= 15 is 0 Å². The molecular formula is C23H18N4O3S. The van der Waals surface area contributed by atoms with E-state index in [0.29, 0.717) is 22.4 Å². The summed E-state index contributed by atoms with van der Waals surface area (Å²) in [4.78, 5) is 15.7. The van der Waals surface area contributed by atoms with Gasteiger partial charge >= 0.3 is 0 Å². The van der Waals surface area contributed by atoms with Crippen LogP contribution in [0.3, 0.4) is 0 Å². The third-order valence-corrected chi connectivity index (χ3v) is 5.89. The number of sulfonamides is 1. The van der Waals surface area contributed by atoms with Crippen LogP contribution < -0.4 is 10.5 Å². The van der Waals surface area contributed by atoms with Gasteiger partial charge in [0.2, 0.25) is 15.9 Å². The zero-order valence-electron chi connectivity index (χ0n) is 16.3. The number of hydrogen-bond acceptors (Lipinski definition) is 4. The van der Waals surface area contributed by atoms with Crippen LogP contribution >= 0.6 is 0 Å². The quantitative estimate of drug-likeness (QED) is 0.447. The Bertz CT molecular complexity index is 1430. The molecule has 0 spiro atoms. The molecule has 8 heteroatoms. The topological polar surface area (TPSA) is 129 Å². The minimum absolute atomic E-state index is 0.0443. The number of H-pyrrole nitrogens is 1. The highest BCUT2D eigenvalue weighted by Crippen LogP contribution is 2.27. The molecule has 0 aliphatic heterocycles. The van der Waals surface area contributed by atoms with Gasteiger partial charge in [0.15, 0.2) is 0 Å². The molecule has 0 aliphatic carbocycles. The zero-order valence-corrected chi connectivity index (χ0v) is 17.1. The third-order valence-electron chi connectivity index (χ3n) is 4.92. The van der Waals surface area contributed by atoms with E-state index in [1.54, 1.807) is 60.8 Å². The predicted octanol–water partition coefficient (Wildman–Crippen LogP) is 3.54. The summed E-state index contributed by atoms with van der Waals surface area (Å²) in [5, 5.41) is 18.1. The second-order valence-electron chi connectivity index (χ2n) is 7.03. The summed E-state index contributed by atoms with van der Waals surface area (Å²) in [7, 11) is -3.86. The van der Waals surface area contributed by atoms with Crippen molar-refractivity contribution in [1.82, 2.24) is 4.98 Å². The number of nitriles is 1. The van der Waals surface area contributed by atoms with Crippen LogP contribution in [-0.4, -0.2) is 19.3 Å². The maximum absolute atomic E-state index is 12.5. The van der Waals surface area contributed by atoms with Crippen LogP contribution in [0, 0.1) is 11.3 Å².